The molecule has 214 valence electrons. The lowest BCUT2D eigenvalue weighted by atomic mass is 9.48. The number of amides is 1. The van der Waals surface area contributed by atoms with Crippen molar-refractivity contribution in [3.8, 4) is 11.5 Å². The summed E-state index contributed by atoms with van der Waals surface area (Å²) in [5, 5.41) is 11.9. The molecule has 2 aromatic rings. The number of likely N-dealkylation sites (tertiary alicyclic amines) is 1. The van der Waals surface area contributed by atoms with Crippen LogP contribution in [0.1, 0.15) is 56.7 Å². The van der Waals surface area contributed by atoms with Gasteiger partial charge in [-0.1, -0.05) is 49.2 Å². The van der Waals surface area contributed by atoms with Gasteiger partial charge >= 0.3 is 5.97 Å². The molecule has 4 aliphatic rings. The Morgan fingerprint density at radius 3 is 2.67 bits per heavy atom. The monoisotopic (exact) mass is 586 g/mol. The zero-order chi connectivity index (χ0) is 28.6. The van der Waals surface area contributed by atoms with Gasteiger partial charge in [-0.25, -0.2) is 0 Å². The van der Waals surface area contributed by atoms with Crippen LogP contribution in [0.15, 0.2) is 30.3 Å². The number of esters is 1. The summed E-state index contributed by atoms with van der Waals surface area (Å²) in [6.07, 6.45) is 2.36. The lowest BCUT2D eigenvalue weighted by Crippen LogP contribution is -2.79. The second-order valence-corrected chi connectivity index (χ2v) is 13.2. The summed E-state index contributed by atoms with van der Waals surface area (Å²) in [6, 6.07) is 8.70. The van der Waals surface area contributed by atoms with E-state index >= 15 is 0 Å². The second kappa shape index (κ2) is 9.81. The number of benzene rings is 2. The number of piperidine rings is 1. The Morgan fingerprint density at radius 1 is 1.20 bits per heavy atom. The highest BCUT2D eigenvalue weighted by Crippen LogP contribution is 2.67. The molecule has 1 amide bonds. The number of hydrogen-bond donors (Lipinski definition) is 1. The highest BCUT2D eigenvalue weighted by Gasteiger charge is 2.75. The smallest absolute Gasteiger partial charge is 0.303 e. The minimum absolute atomic E-state index is 0.0160. The number of aromatic hydroxyl groups is 1. The van der Waals surface area contributed by atoms with Gasteiger partial charge in [-0.15, -0.1) is 0 Å². The molecule has 2 heterocycles. The molecule has 40 heavy (non-hydrogen) atoms. The third-order valence-corrected chi connectivity index (χ3v) is 10.3. The average molecular weight is 588 g/mol. The first-order valence-electron chi connectivity index (χ1n) is 14.1. The van der Waals surface area contributed by atoms with E-state index in [0.29, 0.717) is 48.0 Å². The minimum Gasteiger partial charge on any atom is -0.504 e. The molecular weight excluding hydrogens is 551 g/mol. The average Bonchev–Trinajstić information content (AvgIpc) is 3.24. The first-order chi connectivity index (χ1) is 19.0. The van der Waals surface area contributed by atoms with Crippen molar-refractivity contribution in [2.75, 3.05) is 20.1 Å². The van der Waals surface area contributed by atoms with Crippen molar-refractivity contribution in [2.45, 2.75) is 82.1 Å². The number of rotatable bonds is 6. The van der Waals surface area contributed by atoms with Gasteiger partial charge in [-0.3, -0.25) is 14.5 Å². The maximum Gasteiger partial charge on any atom is 0.303 e. The van der Waals surface area contributed by atoms with E-state index in [2.05, 4.69) is 25.8 Å². The number of carbonyl (C=O) groups excluding carboxylic acids is 2. The van der Waals surface area contributed by atoms with Crippen LogP contribution in [0, 0.1) is 5.92 Å². The summed E-state index contributed by atoms with van der Waals surface area (Å²) < 4.78 is 13.2. The molecule has 1 saturated heterocycles. The van der Waals surface area contributed by atoms with Crippen LogP contribution < -0.4 is 4.74 Å². The Balaban J connectivity index is 1.46. The van der Waals surface area contributed by atoms with Crippen LogP contribution in [0.5, 0.6) is 11.5 Å². The summed E-state index contributed by atoms with van der Waals surface area (Å²) >= 11 is 12.4. The maximum absolute atomic E-state index is 14.1. The molecule has 0 radical (unpaired) electrons. The van der Waals surface area contributed by atoms with E-state index in [1.165, 1.54) is 6.92 Å². The van der Waals surface area contributed by atoms with Crippen LogP contribution in [0.4, 0.5) is 0 Å². The first-order valence-corrected chi connectivity index (χ1v) is 14.9. The molecule has 1 spiro atoms. The Kier molecular flexibility index (Phi) is 6.79. The van der Waals surface area contributed by atoms with E-state index in [9.17, 15) is 14.7 Å². The third-order valence-electron chi connectivity index (χ3n) is 9.61. The van der Waals surface area contributed by atoms with Gasteiger partial charge in [0.2, 0.25) is 5.91 Å². The molecule has 2 aliphatic heterocycles. The molecule has 2 aliphatic carbocycles. The van der Waals surface area contributed by atoms with E-state index in [1.807, 2.05) is 17.0 Å². The fraction of sp³-hybridized carbons (Fsp3) is 0.548. The topological polar surface area (TPSA) is 79.3 Å². The van der Waals surface area contributed by atoms with Crippen LogP contribution in [0.2, 0.25) is 10.0 Å². The fourth-order valence-electron chi connectivity index (χ4n) is 8.22. The molecule has 5 atom stereocenters. The zero-order valence-corrected chi connectivity index (χ0v) is 24.9. The number of nitrogens with zero attached hydrogens (tertiary/aromatic N) is 2. The van der Waals surface area contributed by atoms with Crippen molar-refractivity contribution < 1.29 is 24.2 Å². The minimum atomic E-state index is -0.810. The van der Waals surface area contributed by atoms with Gasteiger partial charge in [-0.2, -0.15) is 0 Å². The Labute approximate surface area is 245 Å². The summed E-state index contributed by atoms with van der Waals surface area (Å²) in [4.78, 5) is 31.0. The SMILES string of the molecule is CC(=O)O[C@@]12CC[C@@H](N(CC(C)C)C(=O)Cc3ccc(Cl)c(Cl)c3)[C@@H]3Oc4c(O)ccc5c4[C@@]31CCN(C)[C@@H]2C5. The molecule has 2 aromatic carbocycles. The van der Waals surface area contributed by atoms with Crippen molar-refractivity contribution >= 4 is 35.1 Å². The van der Waals surface area contributed by atoms with E-state index in [4.69, 9.17) is 32.7 Å². The standard InChI is InChI=1S/C31H36Cl2N2O5/c1-17(2)16-35(26(38)14-19-5-7-21(32)22(33)13-19)23-9-10-31(40-18(3)36)25-15-20-6-8-24(37)28-27(20)30(31,29(23)39-28)11-12-34(25)4/h5-8,13,17,23,25,29,37H,9-12,14-16H2,1-4H3/t23-,25-,29+,30+,31-/m1/s1. The Bertz CT molecular complexity index is 1380. The van der Waals surface area contributed by atoms with Gasteiger partial charge in [0.1, 0.15) is 11.7 Å². The first kappa shape index (κ1) is 27.7. The van der Waals surface area contributed by atoms with Crippen molar-refractivity contribution in [3.63, 3.8) is 0 Å². The third kappa shape index (κ3) is 3.95. The number of halogens is 2. The van der Waals surface area contributed by atoms with Gasteiger partial charge in [-0.05, 0) is 74.5 Å². The molecule has 0 unspecified atom stereocenters. The van der Waals surface area contributed by atoms with E-state index in [1.54, 1.807) is 18.2 Å². The van der Waals surface area contributed by atoms with Gasteiger partial charge in [0.25, 0.3) is 0 Å². The number of carbonyl (C=O) groups is 2. The van der Waals surface area contributed by atoms with Gasteiger partial charge in [0.05, 0.1) is 34.0 Å². The highest BCUT2D eigenvalue weighted by molar-refractivity contribution is 6.42. The number of likely N-dealkylation sites (N-methyl/N-ethyl adjacent to an activating group) is 1. The largest absolute Gasteiger partial charge is 0.504 e. The van der Waals surface area contributed by atoms with Crippen LogP contribution in [0.3, 0.4) is 0 Å². The van der Waals surface area contributed by atoms with E-state index in [0.717, 1.165) is 23.2 Å². The summed E-state index contributed by atoms with van der Waals surface area (Å²) in [6.45, 7) is 7.03. The fourth-order valence-corrected chi connectivity index (χ4v) is 8.54. The molecular formula is C31H36Cl2N2O5. The Morgan fingerprint density at radius 2 is 1.98 bits per heavy atom. The molecule has 1 saturated carbocycles. The van der Waals surface area contributed by atoms with Crippen LogP contribution >= 0.6 is 23.2 Å². The number of ether oxygens (including phenoxy) is 2. The normalized spacial score (nSPS) is 30.0. The summed E-state index contributed by atoms with van der Waals surface area (Å²) in [5.74, 6) is 0.462. The summed E-state index contributed by atoms with van der Waals surface area (Å²) in [7, 11) is 2.10. The number of hydrogen-bond acceptors (Lipinski definition) is 6. The second-order valence-electron chi connectivity index (χ2n) is 12.4. The van der Waals surface area contributed by atoms with Crippen LogP contribution in [-0.2, 0) is 32.6 Å². The van der Waals surface area contributed by atoms with Gasteiger partial charge in [0, 0.05) is 19.0 Å². The number of phenols is 1. The predicted molar refractivity (Wildman–Crippen MR) is 153 cm³/mol. The molecule has 9 heteroatoms. The van der Waals surface area contributed by atoms with Crippen LogP contribution in [0.25, 0.3) is 0 Å². The molecule has 2 fully saturated rings. The van der Waals surface area contributed by atoms with Crippen molar-refractivity contribution in [2.24, 2.45) is 5.92 Å². The molecule has 0 aromatic heterocycles. The Hall–Kier alpha value is -2.48. The van der Waals surface area contributed by atoms with Gasteiger partial charge in [0.15, 0.2) is 11.5 Å². The van der Waals surface area contributed by atoms with Crippen molar-refractivity contribution in [1.82, 2.24) is 9.80 Å². The van der Waals surface area contributed by atoms with Crippen molar-refractivity contribution in [1.29, 1.82) is 0 Å². The summed E-state index contributed by atoms with van der Waals surface area (Å²) in [5.41, 5.74) is 1.40. The maximum atomic E-state index is 14.1. The highest BCUT2D eigenvalue weighted by atomic mass is 35.5. The van der Waals surface area contributed by atoms with E-state index < -0.39 is 17.1 Å². The number of phenolic OH excluding ortho intramolecular Hbond substituents is 1. The molecule has 6 rings (SSSR count). The molecule has 1 N–H and O–H groups in total. The molecule has 2 bridgehead atoms. The zero-order valence-electron chi connectivity index (χ0n) is 23.4. The lowest BCUT2D eigenvalue weighted by Gasteiger charge is -2.65. The van der Waals surface area contributed by atoms with E-state index in [-0.39, 0.29) is 42.0 Å². The van der Waals surface area contributed by atoms with Crippen LogP contribution in [-0.4, -0.2) is 70.7 Å². The quantitative estimate of drug-likeness (QED) is 0.472. The predicted octanol–water partition coefficient (Wildman–Crippen LogP) is 5.15. The van der Waals surface area contributed by atoms with Gasteiger partial charge < -0.3 is 19.5 Å². The molecule has 7 nitrogen and oxygen atoms in total. The van der Waals surface area contributed by atoms with Crippen molar-refractivity contribution in [3.05, 3.63) is 57.1 Å². The lowest BCUT2D eigenvalue weighted by molar-refractivity contribution is -0.222.